The molecule has 0 bridgehead atoms. The molecule has 0 aliphatic heterocycles. The standard InChI is InChI=1S/C16H34N2/c1-15(2)18-16(14-17)12-10-8-6-4-3-5-7-9-11-13-16/h15,18H,3-14,17H2,1-2H3. The Bertz CT molecular complexity index is 189. The smallest absolute Gasteiger partial charge is 0.0306 e. The topological polar surface area (TPSA) is 38.0 Å². The van der Waals surface area contributed by atoms with Gasteiger partial charge in [-0.2, -0.15) is 0 Å². The summed E-state index contributed by atoms with van der Waals surface area (Å²) in [7, 11) is 0. The van der Waals surface area contributed by atoms with Crippen LogP contribution in [0.25, 0.3) is 0 Å². The van der Waals surface area contributed by atoms with Crippen molar-refractivity contribution in [3.8, 4) is 0 Å². The van der Waals surface area contributed by atoms with Crippen LogP contribution < -0.4 is 11.1 Å². The fourth-order valence-electron chi connectivity index (χ4n) is 3.31. The minimum atomic E-state index is 0.216. The molecule has 0 spiro atoms. The molecule has 1 fully saturated rings. The number of rotatable bonds is 3. The lowest BCUT2D eigenvalue weighted by Crippen LogP contribution is -2.53. The first-order valence-electron chi connectivity index (χ1n) is 8.16. The van der Waals surface area contributed by atoms with E-state index in [1.807, 2.05) is 0 Å². The quantitative estimate of drug-likeness (QED) is 0.799. The monoisotopic (exact) mass is 254 g/mol. The van der Waals surface area contributed by atoms with E-state index in [0.717, 1.165) is 6.54 Å². The van der Waals surface area contributed by atoms with Crippen LogP contribution in [0.5, 0.6) is 0 Å². The van der Waals surface area contributed by atoms with Crippen LogP contribution in [0.1, 0.15) is 84.5 Å². The average molecular weight is 254 g/mol. The summed E-state index contributed by atoms with van der Waals surface area (Å²) in [6.45, 7) is 5.28. The van der Waals surface area contributed by atoms with Crippen molar-refractivity contribution in [1.29, 1.82) is 0 Å². The third-order valence-corrected chi connectivity index (χ3v) is 4.30. The SMILES string of the molecule is CC(C)NC1(CN)CCCCCCCCCCC1. The molecule has 108 valence electrons. The second-order valence-electron chi connectivity index (χ2n) is 6.47. The molecule has 18 heavy (non-hydrogen) atoms. The molecule has 1 aliphatic carbocycles. The van der Waals surface area contributed by atoms with Crippen molar-refractivity contribution in [2.24, 2.45) is 5.73 Å². The number of nitrogens with two attached hydrogens (primary N) is 1. The van der Waals surface area contributed by atoms with Crippen LogP contribution in [-0.2, 0) is 0 Å². The van der Waals surface area contributed by atoms with Crippen LogP contribution in [0, 0.1) is 0 Å². The van der Waals surface area contributed by atoms with E-state index >= 15 is 0 Å². The summed E-state index contributed by atoms with van der Waals surface area (Å²) in [5, 5.41) is 3.77. The molecule has 1 rings (SSSR count). The van der Waals surface area contributed by atoms with Crippen LogP contribution in [0.2, 0.25) is 0 Å². The third kappa shape index (κ3) is 6.19. The van der Waals surface area contributed by atoms with E-state index in [9.17, 15) is 0 Å². The number of hydrogen-bond donors (Lipinski definition) is 2. The Hall–Kier alpha value is -0.0800. The highest BCUT2D eigenvalue weighted by atomic mass is 15.0. The zero-order valence-electron chi connectivity index (χ0n) is 12.6. The first kappa shape index (κ1) is 16.0. The molecule has 1 saturated carbocycles. The van der Waals surface area contributed by atoms with Crippen molar-refractivity contribution in [2.45, 2.75) is 96.1 Å². The minimum Gasteiger partial charge on any atom is -0.329 e. The van der Waals surface area contributed by atoms with Gasteiger partial charge in [0.2, 0.25) is 0 Å². The van der Waals surface area contributed by atoms with E-state index in [1.54, 1.807) is 0 Å². The minimum absolute atomic E-state index is 0.216. The van der Waals surface area contributed by atoms with Gasteiger partial charge in [-0.1, -0.05) is 71.6 Å². The van der Waals surface area contributed by atoms with E-state index in [2.05, 4.69) is 19.2 Å². The molecule has 0 aromatic rings. The largest absolute Gasteiger partial charge is 0.329 e. The second kappa shape index (κ2) is 8.92. The summed E-state index contributed by atoms with van der Waals surface area (Å²) >= 11 is 0. The molecule has 0 aromatic heterocycles. The maximum absolute atomic E-state index is 6.10. The zero-order valence-corrected chi connectivity index (χ0v) is 12.6. The average Bonchev–Trinajstić information content (AvgIpc) is 2.32. The summed E-state index contributed by atoms with van der Waals surface area (Å²) in [6, 6.07) is 0.543. The lowest BCUT2D eigenvalue weighted by molar-refractivity contribution is 0.248. The molecule has 0 saturated heterocycles. The number of hydrogen-bond acceptors (Lipinski definition) is 2. The summed E-state index contributed by atoms with van der Waals surface area (Å²) < 4.78 is 0. The molecular formula is C16H34N2. The van der Waals surface area contributed by atoms with Crippen molar-refractivity contribution in [2.75, 3.05) is 6.54 Å². The molecule has 0 radical (unpaired) electrons. The lowest BCUT2D eigenvalue weighted by atomic mass is 9.85. The fraction of sp³-hybridized carbons (Fsp3) is 1.00. The van der Waals surface area contributed by atoms with Gasteiger partial charge in [-0.3, -0.25) is 0 Å². The van der Waals surface area contributed by atoms with Gasteiger partial charge in [0, 0.05) is 18.1 Å². The van der Waals surface area contributed by atoms with Crippen molar-refractivity contribution < 1.29 is 0 Å². The molecule has 0 aromatic carbocycles. The molecule has 1 aliphatic rings. The molecule has 0 amide bonds. The van der Waals surface area contributed by atoms with Gasteiger partial charge in [-0.15, -0.1) is 0 Å². The molecule has 2 nitrogen and oxygen atoms in total. The highest BCUT2D eigenvalue weighted by Crippen LogP contribution is 2.24. The van der Waals surface area contributed by atoms with Gasteiger partial charge in [-0.05, 0) is 12.8 Å². The molecule has 0 heterocycles. The maximum atomic E-state index is 6.10. The fourth-order valence-corrected chi connectivity index (χ4v) is 3.31. The van der Waals surface area contributed by atoms with Gasteiger partial charge >= 0.3 is 0 Å². The van der Waals surface area contributed by atoms with Gasteiger partial charge in [0.25, 0.3) is 0 Å². The predicted octanol–water partition coefficient (Wildman–Crippen LogP) is 3.99. The van der Waals surface area contributed by atoms with E-state index in [4.69, 9.17) is 5.73 Å². The first-order valence-corrected chi connectivity index (χ1v) is 8.16. The second-order valence-corrected chi connectivity index (χ2v) is 6.47. The Kier molecular flexibility index (Phi) is 7.92. The van der Waals surface area contributed by atoms with Crippen molar-refractivity contribution in [1.82, 2.24) is 5.32 Å². The van der Waals surface area contributed by atoms with Gasteiger partial charge in [0.15, 0.2) is 0 Å². The Balaban J connectivity index is 2.52. The van der Waals surface area contributed by atoms with Crippen molar-refractivity contribution in [3.05, 3.63) is 0 Å². The molecule has 0 atom stereocenters. The van der Waals surface area contributed by atoms with Crippen LogP contribution in [0.4, 0.5) is 0 Å². The molecule has 0 unspecified atom stereocenters. The first-order chi connectivity index (χ1) is 8.68. The Morgan fingerprint density at radius 3 is 1.56 bits per heavy atom. The molecule has 2 heteroatoms. The van der Waals surface area contributed by atoms with E-state index in [-0.39, 0.29) is 5.54 Å². The van der Waals surface area contributed by atoms with Gasteiger partial charge in [0.1, 0.15) is 0 Å². The summed E-state index contributed by atoms with van der Waals surface area (Å²) in [6.07, 6.45) is 15.2. The maximum Gasteiger partial charge on any atom is 0.0306 e. The van der Waals surface area contributed by atoms with Gasteiger partial charge in [0.05, 0.1) is 0 Å². The highest BCUT2D eigenvalue weighted by Gasteiger charge is 2.27. The summed E-state index contributed by atoms with van der Waals surface area (Å²) in [4.78, 5) is 0. The van der Waals surface area contributed by atoms with E-state index < -0.39 is 0 Å². The van der Waals surface area contributed by atoms with Gasteiger partial charge < -0.3 is 11.1 Å². The highest BCUT2D eigenvalue weighted by molar-refractivity contribution is 4.90. The summed E-state index contributed by atoms with van der Waals surface area (Å²) in [5.74, 6) is 0. The number of nitrogens with one attached hydrogen (secondary N) is 1. The summed E-state index contributed by atoms with van der Waals surface area (Å²) in [5.41, 5.74) is 6.32. The van der Waals surface area contributed by atoms with Crippen LogP contribution >= 0.6 is 0 Å². The lowest BCUT2D eigenvalue weighted by Gasteiger charge is -2.36. The van der Waals surface area contributed by atoms with Crippen molar-refractivity contribution in [3.63, 3.8) is 0 Å². The predicted molar refractivity (Wildman–Crippen MR) is 80.8 cm³/mol. The Labute approximate surface area is 114 Å². The van der Waals surface area contributed by atoms with E-state index in [0.29, 0.717) is 6.04 Å². The van der Waals surface area contributed by atoms with Crippen LogP contribution in [-0.4, -0.2) is 18.1 Å². The van der Waals surface area contributed by atoms with Crippen LogP contribution in [0.15, 0.2) is 0 Å². The Morgan fingerprint density at radius 2 is 1.22 bits per heavy atom. The normalized spacial score (nSPS) is 23.3. The van der Waals surface area contributed by atoms with Crippen molar-refractivity contribution >= 4 is 0 Å². The van der Waals surface area contributed by atoms with Gasteiger partial charge in [-0.25, -0.2) is 0 Å². The van der Waals surface area contributed by atoms with Crippen LogP contribution in [0.3, 0.4) is 0 Å². The molecular weight excluding hydrogens is 220 g/mol. The van der Waals surface area contributed by atoms with E-state index in [1.165, 1.54) is 70.6 Å². The molecule has 3 N–H and O–H groups in total. The Morgan fingerprint density at radius 1 is 0.833 bits per heavy atom. The third-order valence-electron chi connectivity index (χ3n) is 4.30. The zero-order chi connectivity index (χ0) is 13.3.